The van der Waals surface area contributed by atoms with Gasteiger partial charge in [0.15, 0.2) is 0 Å². The molecule has 0 bridgehead atoms. The van der Waals surface area contributed by atoms with Gasteiger partial charge >= 0.3 is 6.03 Å². The fourth-order valence-electron chi connectivity index (χ4n) is 0.798. The van der Waals surface area contributed by atoms with Gasteiger partial charge in [0.1, 0.15) is 0 Å². The lowest BCUT2D eigenvalue weighted by atomic mass is 10.5. The molecule has 4 nitrogen and oxygen atoms in total. The summed E-state index contributed by atoms with van der Waals surface area (Å²) in [5.74, 6) is 0. The van der Waals surface area contributed by atoms with Crippen LogP contribution in [0, 0.1) is 0 Å². The molecule has 0 radical (unpaired) electrons. The lowest BCUT2D eigenvalue weighted by molar-refractivity contribution is 0.240. The highest BCUT2D eigenvalue weighted by molar-refractivity contribution is 7.09. The molecule has 0 aliphatic heterocycles. The molecule has 2 amide bonds. The van der Waals surface area contributed by atoms with E-state index in [1.807, 2.05) is 6.92 Å². The summed E-state index contributed by atoms with van der Waals surface area (Å²) in [6.07, 6.45) is 2.71. The van der Waals surface area contributed by atoms with Crippen LogP contribution in [-0.2, 0) is 6.54 Å². The number of rotatable bonds is 4. The summed E-state index contributed by atoms with van der Waals surface area (Å²) in [7, 11) is 0. The first-order valence-corrected chi connectivity index (χ1v) is 5.10. The Hall–Kier alpha value is -1.10. The summed E-state index contributed by atoms with van der Waals surface area (Å²) in [6.45, 7) is 3.29. The molecule has 13 heavy (non-hydrogen) atoms. The van der Waals surface area contributed by atoms with E-state index in [-0.39, 0.29) is 6.03 Å². The lowest BCUT2D eigenvalue weighted by Crippen LogP contribution is -2.35. The zero-order valence-electron chi connectivity index (χ0n) is 7.54. The average Bonchev–Trinajstić information content (AvgIpc) is 2.64. The van der Waals surface area contributed by atoms with Gasteiger partial charge in [-0.3, -0.25) is 4.98 Å². The molecule has 1 aromatic rings. The van der Waals surface area contributed by atoms with Gasteiger partial charge in [0.05, 0.1) is 12.1 Å². The summed E-state index contributed by atoms with van der Waals surface area (Å²) >= 11 is 1.54. The quantitative estimate of drug-likeness (QED) is 0.769. The number of amides is 2. The summed E-state index contributed by atoms with van der Waals surface area (Å²) in [5.41, 5.74) is 1.75. The Balaban J connectivity index is 2.15. The van der Waals surface area contributed by atoms with Crippen LogP contribution in [0.3, 0.4) is 0 Å². The van der Waals surface area contributed by atoms with Crippen molar-refractivity contribution in [3.8, 4) is 0 Å². The Kier molecular flexibility index (Phi) is 4.25. The Morgan fingerprint density at radius 2 is 2.46 bits per heavy atom. The fourth-order valence-corrected chi connectivity index (χ4v) is 1.33. The molecule has 1 rings (SSSR count). The first kappa shape index (κ1) is 9.98. The van der Waals surface area contributed by atoms with E-state index in [1.54, 1.807) is 11.7 Å². The van der Waals surface area contributed by atoms with Crippen molar-refractivity contribution in [1.29, 1.82) is 0 Å². The van der Waals surface area contributed by atoms with Crippen molar-refractivity contribution >= 4 is 17.4 Å². The Bertz CT molecular complexity index is 248. The van der Waals surface area contributed by atoms with Crippen LogP contribution in [0.25, 0.3) is 0 Å². The number of carbonyl (C=O) groups excluding carboxylic acids is 1. The molecule has 0 saturated carbocycles. The first-order valence-electron chi connectivity index (χ1n) is 4.22. The zero-order chi connectivity index (χ0) is 9.52. The fraction of sp³-hybridized carbons (Fsp3) is 0.500. The molecule has 5 heteroatoms. The molecule has 1 aromatic heterocycles. The third-order valence-electron chi connectivity index (χ3n) is 1.44. The third kappa shape index (κ3) is 3.89. The van der Waals surface area contributed by atoms with Crippen LogP contribution in [0.5, 0.6) is 0 Å². The maximum Gasteiger partial charge on any atom is 0.315 e. The third-order valence-corrected chi connectivity index (χ3v) is 2.22. The van der Waals surface area contributed by atoms with Gasteiger partial charge < -0.3 is 10.6 Å². The van der Waals surface area contributed by atoms with Gasteiger partial charge in [-0.2, -0.15) is 0 Å². The van der Waals surface area contributed by atoms with Crippen LogP contribution in [0.1, 0.15) is 18.2 Å². The van der Waals surface area contributed by atoms with E-state index in [0.29, 0.717) is 13.1 Å². The van der Waals surface area contributed by atoms with Gasteiger partial charge in [-0.25, -0.2) is 4.79 Å². The lowest BCUT2D eigenvalue weighted by Gasteiger charge is -2.04. The molecule has 0 aliphatic rings. The standard InChI is InChI=1S/C8H13N3OS/c1-2-3-10-8(12)11-5-7-4-9-6-13-7/h4,6H,2-3,5H2,1H3,(H2,10,11,12). The van der Waals surface area contributed by atoms with Crippen LogP contribution in [-0.4, -0.2) is 17.6 Å². The van der Waals surface area contributed by atoms with Crippen LogP contribution in [0.15, 0.2) is 11.7 Å². The maximum atomic E-state index is 11.1. The second-order valence-corrected chi connectivity index (χ2v) is 3.55. The largest absolute Gasteiger partial charge is 0.338 e. The topological polar surface area (TPSA) is 54.0 Å². The van der Waals surface area contributed by atoms with Crippen LogP contribution >= 0.6 is 11.3 Å². The van der Waals surface area contributed by atoms with E-state index in [4.69, 9.17) is 0 Å². The molecule has 0 aromatic carbocycles. The Morgan fingerprint density at radius 3 is 3.08 bits per heavy atom. The van der Waals surface area contributed by atoms with Gasteiger partial charge in [0, 0.05) is 17.6 Å². The van der Waals surface area contributed by atoms with Crippen molar-refractivity contribution in [3.05, 3.63) is 16.6 Å². The predicted molar refractivity (Wildman–Crippen MR) is 52.6 cm³/mol. The number of urea groups is 1. The first-order chi connectivity index (χ1) is 6.33. The van der Waals surface area contributed by atoms with Gasteiger partial charge in [0.2, 0.25) is 0 Å². The highest BCUT2D eigenvalue weighted by Gasteiger charge is 1.99. The molecule has 2 N–H and O–H groups in total. The predicted octanol–water partition coefficient (Wildman–Crippen LogP) is 1.35. The van der Waals surface area contributed by atoms with Crippen LogP contribution in [0.4, 0.5) is 4.79 Å². The Morgan fingerprint density at radius 1 is 1.62 bits per heavy atom. The van der Waals surface area contributed by atoms with Gasteiger partial charge in [0.25, 0.3) is 0 Å². The van der Waals surface area contributed by atoms with Gasteiger partial charge in [-0.1, -0.05) is 6.92 Å². The maximum absolute atomic E-state index is 11.1. The SMILES string of the molecule is CCCNC(=O)NCc1cncs1. The van der Waals surface area contributed by atoms with E-state index < -0.39 is 0 Å². The minimum atomic E-state index is -0.116. The number of nitrogens with one attached hydrogen (secondary N) is 2. The van der Waals surface area contributed by atoms with E-state index in [9.17, 15) is 4.79 Å². The summed E-state index contributed by atoms with van der Waals surface area (Å²) in [5, 5.41) is 5.47. The minimum absolute atomic E-state index is 0.116. The van der Waals surface area contributed by atoms with Crippen molar-refractivity contribution in [2.75, 3.05) is 6.54 Å². The highest BCUT2D eigenvalue weighted by Crippen LogP contribution is 2.03. The number of carbonyl (C=O) groups is 1. The van der Waals surface area contributed by atoms with Crippen molar-refractivity contribution in [1.82, 2.24) is 15.6 Å². The van der Waals surface area contributed by atoms with Crippen molar-refractivity contribution in [3.63, 3.8) is 0 Å². The average molecular weight is 199 g/mol. The molecule has 0 unspecified atom stereocenters. The monoisotopic (exact) mass is 199 g/mol. The van der Waals surface area contributed by atoms with E-state index in [2.05, 4.69) is 15.6 Å². The molecule has 72 valence electrons. The molecule has 0 atom stereocenters. The highest BCUT2D eigenvalue weighted by atomic mass is 32.1. The summed E-state index contributed by atoms with van der Waals surface area (Å²) in [4.78, 5) is 16.0. The van der Waals surface area contributed by atoms with Gasteiger partial charge in [-0.15, -0.1) is 11.3 Å². The van der Waals surface area contributed by atoms with Crippen molar-refractivity contribution in [2.45, 2.75) is 19.9 Å². The number of nitrogens with zero attached hydrogens (tertiary/aromatic N) is 1. The Labute approximate surface area is 81.4 Å². The second kappa shape index (κ2) is 5.53. The van der Waals surface area contributed by atoms with Crippen molar-refractivity contribution in [2.24, 2.45) is 0 Å². The number of aromatic nitrogens is 1. The normalized spacial score (nSPS) is 9.62. The smallest absolute Gasteiger partial charge is 0.315 e. The van der Waals surface area contributed by atoms with E-state index in [0.717, 1.165) is 11.3 Å². The molecular formula is C8H13N3OS. The number of thiazole rings is 1. The van der Waals surface area contributed by atoms with Crippen molar-refractivity contribution < 1.29 is 4.79 Å². The van der Waals surface area contributed by atoms with E-state index >= 15 is 0 Å². The zero-order valence-corrected chi connectivity index (χ0v) is 8.36. The van der Waals surface area contributed by atoms with Gasteiger partial charge in [-0.05, 0) is 6.42 Å². The molecule has 0 spiro atoms. The van der Waals surface area contributed by atoms with Crippen LogP contribution < -0.4 is 10.6 Å². The molecule has 0 fully saturated rings. The number of hydrogen-bond acceptors (Lipinski definition) is 3. The summed E-state index contributed by atoms with van der Waals surface area (Å²) < 4.78 is 0. The number of hydrogen-bond donors (Lipinski definition) is 2. The summed E-state index contributed by atoms with van der Waals surface area (Å²) in [6, 6.07) is -0.116. The van der Waals surface area contributed by atoms with Crippen LogP contribution in [0.2, 0.25) is 0 Å². The molecule has 1 heterocycles. The second-order valence-electron chi connectivity index (χ2n) is 2.58. The minimum Gasteiger partial charge on any atom is -0.338 e. The van der Waals surface area contributed by atoms with E-state index in [1.165, 1.54) is 11.3 Å². The molecule has 0 saturated heterocycles. The molecular weight excluding hydrogens is 186 g/mol. The molecule has 0 aliphatic carbocycles.